The summed E-state index contributed by atoms with van der Waals surface area (Å²) in [4.78, 5) is 0. The van der Waals surface area contributed by atoms with E-state index < -0.39 is 0 Å². The Morgan fingerprint density at radius 1 is 1.20 bits per heavy atom. The first kappa shape index (κ1) is 10.7. The molecule has 0 saturated carbocycles. The van der Waals surface area contributed by atoms with Gasteiger partial charge in [0.1, 0.15) is 5.82 Å². The highest BCUT2D eigenvalue weighted by atomic mass is 32.2. The highest BCUT2D eigenvalue weighted by molar-refractivity contribution is 7.99. The van der Waals surface area contributed by atoms with Gasteiger partial charge in [-0.2, -0.15) is 11.8 Å². The predicted molar refractivity (Wildman–Crippen MR) is 65.5 cm³/mol. The second kappa shape index (κ2) is 4.84. The van der Waals surface area contributed by atoms with E-state index in [2.05, 4.69) is 6.58 Å². The van der Waals surface area contributed by atoms with Gasteiger partial charge in [-0.3, -0.25) is 0 Å². The number of allylic oxidation sites excluding steroid dienone is 1. The van der Waals surface area contributed by atoms with E-state index in [1.165, 1.54) is 42.1 Å². The summed E-state index contributed by atoms with van der Waals surface area (Å²) in [7, 11) is 0. The van der Waals surface area contributed by atoms with E-state index >= 15 is 0 Å². The van der Waals surface area contributed by atoms with Crippen molar-refractivity contribution in [3.63, 3.8) is 0 Å². The molecule has 1 aromatic rings. The van der Waals surface area contributed by atoms with Gasteiger partial charge in [-0.05, 0) is 53.5 Å². The van der Waals surface area contributed by atoms with Crippen molar-refractivity contribution in [3.05, 3.63) is 42.2 Å². The molecule has 0 aliphatic carbocycles. The topological polar surface area (TPSA) is 0 Å². The lowest BCUT2D eigenvalue weighted by Gasteiger charge is -2.23. The maximum Gasteiger partial charge on any atom is 0.123 e. The van der Waals surface area contributed by atoms with E-state index in [4.69, 9.17) is 0 Å². The molecule has 0 N–H and O–H groups in total. The Morgan fingerprint density at radius 2 is 1.80 bits per heavy atom. The maximum atomic E-state index is 12.8. The van der Waals surface area contributed by atoms with Crippen LogP contribution in [0.4, 0.5) is 4.39 Å². The van der Waals surface area contributed by atoms with Crippen molar-refractivity contribution < 1.29 is 4.39 Å². The second-order valence-corrected chi connectivity index (χ2v) is 5.14. The fourth-order valence-electron chi connectivity index (χ4n) is 1.95. The van der Waals surface area contributed by atoms with Crippen LogP contribution in [0.15, 0.2) is 30.8 Å². The summed E-state index contributed by atoms with van der Waals surface area (Å²) >= 11 is 2.01. The molecule has 1 heterocycles. The number of benzene rings is 1. The molecule has 2 rings (SSSR count). The van der Waals surface area contributed by atoms with Gasteiger partial charge in [0.15, 0.2) is 0 Å². The van der Waals surface area contributed by atoms with Crippen LogP contribution in [0.25, 0.3) is 5.57 Å². The number of hydrogen-bond acceptors (Lipinski definition) is 1. The Morgan fingerprint density at radius 3 is 2.40 bits per heavy atom. The number of halogens is 1. The molecule has 1 aliphatic heterocycles. The molecule has 15 heavy (non-hydrogen) atoms. The molecule has 0 radical (unpaired) electrons. The van der Waals surface area contributed by atoms with Gasteiger partial charge in [0, 0.05) is 0 Å². The first-order valence-electron chi connectivity index (χ1n) is 5.30. The number of thioether (sulfide) groups is 1. The average Bonchev–Trinajstić information content (AvgIpc) is 2.30. The molecule has 0 spiro atoms. The summed E-state index contributed by atoms with van der Waals surface area (Å²) in [6, 6.07) is 6.69. The van der Waals surface area contributed by atoms with Gasteiger partial charge < -0.3 is 0 Å². The van der Waals surface area contributed by atoms with Gasteiger partial charge in [-0.15, -0.1) is 0 Å². The number of hydrogen-bond donors (Lipinski definition) is 0. The van der Waals surface area contributed by atoms with E-state index in [1.807, 2.05) is 23.9 Å². The summed E-state index contributed by atoms with van der Waals surface area (Å²) in [6.45, 7) is 4.15. The lowest BCUT2D eigenvalue weighted by molar-refractivity contribution is 0.617. The van der Waals surface area contributed by atoms with E-state index in [-0.39, 0.29) is 5.82 Å². The molecule has 0 atom stereocenters. The first-order valence-corrected chi connectivity index (χ1v) is 6.45. The van der Waals surface area contributed by atoms with Gasteiger partial charge in [0.25, 0.3) is 0 Å². The molecule has 80 valence electrons. The minimum atomic E-state index is -0.175. The second-order valence-electron chi connectivity index (χ2n) is 3.92. The largest absolute Gasteiger partial charge is 0.207 e. The van der Waals surface area contributed by atoms with Crippen LogP contribution >= 0.6 is 11.8 Å². The maximum absolute atomic E-state index is 12.8. The van der Waals surface area contributed by atoms with Crippen molar-refractivity contribution in [2.24, 2.45) is 5.92 Å². The van der Waals surface area contributed by atoms with Crippen LogP contribution < -0.4 is 0 Å². The van der Waals surface area contributed by atoms with Gasteiger partial charge >= 0.3 is 0 Å². The summed E-state index contributed by atoms with van der Waals surface area (Å²) in [5.74, 6) is 2.87. The predicted octanol–water partition coefficient (Wildman–Crippen LogP) is 3.98. The highest BCUT2D eigenvalue weighted by Gasteiger charge is 2.17. The average molecular weight is 222 g/mol. The minimum Gasteiger partial charge on any atom is -0.207 e. The molecule has 0 amide bonds. The molecule has 1 aliphatic rings. The monoisotopic (exact) mass is 222 g/mol. The minimum absolute atomic E-state index is 0.175. The molecule has 0 unspecified atom stereocenters. The van der Waals surface area contributed by atoms with Crippen LogP contribution in [0.2, 0.25) is 0 Å². The molecule has 0 bridgehead atoms. The van der Waals surface area contributed by atoms with E-state index in [0.717, 1.165) is 5.56 Å². The zero-order valence-corrected chi connectivity index (χ0v) is 9.52. The van der Waals surface area contributed by atoms with Gasteiger partial charge in [-0.1, -0.05) is 18.7 Å². The summed E-state index contributed by atoms with van der Waals surface area (Å²) in [5, 5.41) is 0. The summed E-state index contributed by atoms with van der Waals surface area (Å²) < 4.78 is 12.8. The molecule has 2 heteroatoms. The summed E-state index contributed by atoms with van der Waals surface area (Å²) in [6.07, 6.45) is 2.42. The molecular formula is C13H15FS. The molecule has 1 fully saturated rings. The SMILES string of the molecule is C=C(c1ccc(F)cc1)C1CCSCC1. The number of rotatable bonds is 2. The lowest BCUT2D eigenvalue weighted by Crippen LogP contribution is -2.10. The smallest absolute Gasteiger partial charge is 0.123 e. The fraction of sp³-hybridized carbons (Fsp3) is 0.385. The molecule has 1 saturated heterocycles. The van der Waals surface area contributed by atoms with Crippen molar-refractivity contribution in [1.82, 2.24) is 0 Å². The van der Waals surface area contributed by atoms with Gasteiger partial charge in [-0.25, -0.2) is 4.39 Å². The zero-order chi connectivity index (χ0) is 10.7. The van der Waals surface area contributed by atoms with E-state index in [1.54, 1.807) is 0 Å². The van der Waals surface area contributed by atoms with Crippen LogP contribution in [0.5, 0.6) is 0 Å². The highest BCUT2D eigenvalue weighted by Crippen LogP contribution is 2.33. The third-order valence-electron chi connectivity index (χ3n) is 2.93. The Balaban J connectivity index is 2.09. The van der Waals surface area contributed by atoms with Crippen molar-refractivity contribution in [2.75, 3.05) is 11.5 Å². The van der Waals surface area contributed by atoms with Gasteiger partial charge in [0.05, 0.1) is 0 Å². The Bertz CT molecular complexity index is 336. The van der Waals surface area contributed by atoms with Crippen LogP contribution in [-0.4, -0.2) is 11.5 Å². The van der Waals surface area contributed by atoms with Crippen LogP contribution in [0.1, 0.15) is 18.4 Å². The quantitative estimate of drug-likeness (QED) is 0.729. The lowest BCUT2D eigenvalue weighted by atomic mass is 9.89. The molecule has 0 aromatic heterocycles. The zero-order valence-electron chi connectivity index (χ0n) is 8.71. The molecule has 0 nitrogen and oxygen atoms in total. The summed E-state index contributed by atoms with van der Waals surface area (Å²) in [5.41, 5.74) is 2.27. The normalized spacial score (nSPS) is 17.7. The van der Waals surface area contributed by atoms with Crippen LogP contribution in [-0.2, 0) is 0 Å². The third-order valence-corrected chi connectivity index (χ3v) is 3.98. The van der Waals surface area contributed by atoms with Crippen molar-refractivity contribution in [2.45, 2.75) is 12.8 Å². The Labute approximate surface area is 94.6 Å². The van der Waals surface area contributed by atoms with Crippen molar-refractivity contribution in [1.29, 1.82) is 0 Å². The van der Waals surface area contributed by atoms with E-state index in [0.29, 0.717) is 5.92 Å². The van der Waals surface area contributed by atoms with Crippen molar-refractivity contribution >= 4 is 17.3 Å². The first-order chi connectivity index (χ1) is 7.27. The molecule has 1 aromatic carbocycles. The standard InChI is InChI=1S/C13H15FS/c1-10(12-6-8-15-9-7-12)11-2-4-13(14)5-3-11/h2-5,12H,1,6-9H2. The Kier molecular flexibility index (Phi) is 3.47. The fourth-order valence-corrected chi connectivity index (χ4v) is 3.05. The van der Waals surface area contributed by atoms with Crippen molar-refractivity contribution in [3.8, 4) is 0 Å². The molecular weight excluding hydrogens is 207 g/mol. The van der Waals surface area contributed by atoms with Gasteiger partial charge in [0.2, 0.25) is 0 Å². The van der Waals surface area contributed by atoms with Crippen LogP contribution in [0, 0.1) is 11.7 Å². The third kappa shape index (κ3) is 2.63. The van der Waals surface area contributed by atoms with Crippen LogP contribution in [0.3, 0.4) is 0 Å². The Hall–Kier alpha value is -0.760. The van der Waals surface area contributed by atoms with E-state index in [9.17, 15) is 4.39 Å².